The largest absolute Gasteiger partial charge is 0.486 e. The van der Waals surface area contributed by atoms with E-state index in [1.165, 1.54) is 12.8 Å². The van der Waals surface area contributed by atoms with Gasteiger partial charge in [0, 0.05) is 19.6 Å². The van der Waals surface area contributed by atoms with E-state index in [9.17, 15) is 4.79 Å². The van der Waals surface area contributed by atoms with Gasteiger partial charge in [-0.1, -0.05) is 24.4 Å². The number of amides is 2. The average Bonchev–Trinajstić information content (AvgIpc) is 2.84. The van der Waals surface area contributed by atoms with Crippen molar-refractivity contribution in [1.29, 1.82) is 0 Å². The fraction of sp³-hybridized carbons (Fsp3) is 0.588. The molecular formula is C17H23ClN2O3. The second-order valence-corrected chi connectivity index (χ2v) is 6.39. The molecule has 1 N–H and O–H groups in total. The van der Waals surface area contributed by atoms with Crippen LogP contribution in [0.5, 0.6) is 11.5 Å². The zero-order valence-electron chi connectivity index (χ0n) is 13.3. The van der Waals surface area contributed by atoms with E-state index in [0.29, 0.717) is 36.3 Å². The number of hydrogen-bond acceptors (Lipinski definition) is 3. The molecule has 1 aromatic rings. The van der Waals surface area contributed by atoms with Crippen molar-refractivity contribution in [1.82, 2.24) is 10.2 Å². The standard InChI is InChI=1S/C17H23ClN2O3/c18-14-11-13(12-15-16(14)23-10-9-22-15)5-6-19-17(21)20-7-3-1-2-4-8-20/h11-12H,1-10H2,(H,19,21). The summed E-state index contributed by atoms with van der Waals surface area (Å²) in [5.41, 5.74) is 1.04. The Morgan fingerprint density at radius 3 is 2.65 bits per heavy atom. The van der Waals surface area contributed by atoms with Gasteiger partial charge in [-0.05, 0) is 37.0 Å². The van der Waals surface area contributed by atoms with Gasteiger partial charge >= 0.3 is 6.03 Å². The molecule has 6 heteroatoms. The van der Waals surface area contributed by atoms with Crippen molar-refractivity contribution in [2.45, 2.75) is 32.1 Å². The number of benzene rings is 1. The number of hydrogen-bond donors (Lipinski definition) is 1. The molecule has 1 saturated heterocycles. The molecule has 0 saturated carbocycles. The quantitative estimate of drug-likeness (QED) is 0.920. The number of likely N-dealkylation sites (tertiary alicyclic amines) is 1. The van der Waals surface area contributed by atoms with Gasteiger partial charge in [0.2, 0.25) is 0 Å². The van der Waals surface area contributed by atoms with Crippen LogP contribution >= 0.6 is 11.6 Å². The molecule has 1 fully saturated rings. The maximum absolute atomic E-state index is 12.2. The second-order valence-electron chi connectivity index (χ2n) is 5.99. The number of carbonyl (C=O) groups is 1. The second kappa shape index (κ2) is 7.77. The van der Waals surface area contributed by atoms with Crippen molar-refractivity contribution in [3.8, 4) is 11.5 Å². The number of nitrogens with zero attached hydrogens (tertiary/aromatic N) is 1. The summed E-state index contributed by atoms with van der Waals surface area (Å²) >= 11 is 6.23. The van der Waals surface area contributed by atoms with Crippen molar-refractivity contribution in [3.05, 3.63) is 22.7 Å². The van der Waals surface area contributed by atoms with E-state index < -0.39 is 0 Å². The van der Waals surface area contributed by atoms with Crippen LogP contribution < -0.4 is 14.8 Å². The first-order chi connectivity index (χ1) is 11.2. The van der Waals surface area contributed by atoms with Gasteiger partial charge in [-0.3, -0.25) is 0 Å². The van der Waals surface area contributed by atoms with Gasteiger partial charge in [-0.2, -0.15) is 0 Å². The number of urea groups is 1. The summed E-state index contributed by atoms with van der Waals surface area (Å²) in [6, 6.07) is 3.86. The fourth-order valence-electron chi connectivity index (χ4n) is 3.01. The normalized spacial score (nSPS) is 17.5. The van der Waals surface area contributed by atoms with Crippen molar-refractivity contribution in [2.75, 3.05) is 32.8 Å². The number of carbonyl (C=O) groups excluding carboxylic acids is 1. The van der Waals surface area contributed by atoms with E-state index in [1.807, 2.05) is 17.0 Å². The lowest BCUT2D eigenvalue weighted by molar-refractivity contribution is 0.171. The van der Waals surface area contributed by atoms with Crippen LogP contribution in [0.2, 0.25) is 5.02 Å². The van der Waals surface area contributed by atoms with E-state index in [1.54, 1.807) is 0 Å². The van der Waals surface area contributed by atoms with Crippen LogP contribution in [0.1, 0.15) is 31.2 Å². The topological polar surface area (TPSA) is 50.8 Å². The highest BCUT2D eigenvalue weighted by atomic mass is 35.5. The minimum absolute atomic E-state index is 0.0375. The van der Waals surface area contributed by atoms with Gasteiger partial charge in [0.05, 0.1) is 5.02 Å². The number of halogens is 1. The molecule has 2 aliphatic heterocycles. The molecule has 2 amide bonds. The number of fused-ring (bicyclic) bond motifs is 1. The zero-order chi connectivity index (χ0) is 16.1. The smallest absolute Gasteiger partial charge is 0.317 e. The summed E-state index contributed by atoms with van der Waals surface area (Å²) in [4.78, 5) is 14.1. The van der Waals surface area contributed by atoms with Gasteiger partial charge in [0.1, 0.15) is 13.2 Å². The van der Waals surface area contributed by atoms with Crippen molar-refractivity contribution >= 4 is 17.6 Å². The first-order valence-electron chi connectivity index (χ1n) is 8.35. The highest BCUT2D eigenvalue weighted by Gasteiger charge is 2.17. The van der Waals surface area contributed by atoms with Crippen LogP contribution in [-0.4, -0.2) is 43.8 Å². The molecule has 23 heavy (non-hydrogen) atoms. The van der Waals surface area contributed by atoms with E-state index >= 15 is 0 Å². The lowest BCUT2D eigenvalue weighted by Gasteiger charge is -2.21. The maximum atomic E-state index is 12.2. The molecule has 0 radical (unpaired) electrons. The summed E-state index contributed by atoms with van der Waals surface area (Å²) in [7, 11) is 0. The van der Waals surface area contributed by atoms with Gasteiger partial charge in [-0.15, -0.1) is 0 Å². The minimum Gasteiger partial charge on any atom is -0.486 e. The Morgan fingerprint density at radius 1 is 1.13 bits per heavy atom. The summed E-state index contributed by atoms with van der Waals surface area (Å²) in [5.74, 6) is 1.31. The summed E-state index contributed by atoms with van der Waals surface area (Å²) in [6.45, 7) is 3.38. The van der Waals surface area contributed by atoms with E-state index in [2.05, 4.69) is 5.32 Å². The lowest BCUT2D eigenvalue weighted by atomic mass is 10.1. The first-order valence-corrected chi connectivity index (χ1v) is 8.72. The van der Waals surface area contributed by atoms with Crippen molar-refractivity contribution < 1.29 is 14.3 Å². The van der Waals surface area contributed by atoms with E-state index in [-0.39, 0.29) is 6.03 Å². The van der Waals surface area contributed by atoms with Crippen LogP contribution in [0, 0.1) is 0 Å². The van der Waals surface area contributed by atoms with Crippen LogP contribution in [0.25, 0.3) is 0 Å². The van der Waals surface area contributed by atoms with Crippen LogP contribution in [0.4, 0.5) is 4.79 Å². The maximum Gasteiger partial charge on any atom is 0.317 e. The van der Waals surface area contributed by atoms with Crippen molar-refractivity contribution in [2.24, 2.45) is 0 Å². The number of nitrogens with one attached hydrogen (secondary N) is 1. The Balaban J connectivity index is 1.52. The van der Waals surface area contributed by atoms with Gasteiger partial charge in [0.15, 0.2) is 11.5 Å². The molecule has 1 aromatic carbocycles. The molecule has 0 spiro atoms. The predicted octanol–water partition coefficient (Wildman–Crippen LogP) is 3.24. The Hall–Kier alpha value is -1.62. The third kappa shape index (κ3) is 4.22. The Labute approximate surface area is 141 Å². The third-order valence-corrected chi connectivity index (χ3v) is 4.52. The van der Waals surface area contributed by atoms with Crippen molar-refractivity contribution in [3.63, 3.8) is 0 Å². The van der Waals surface area contributed by atoms with Crippen LogP contribution in [0.15, 0.2) is 12.1 Å². The average molecular weight is 339 g/mol. The first kappa shape index (κ1) is 16.2. The lowest BCUT2D eigenvalue weighted by Crippen LogP contribution is -2.41. The van der Waals surface area contributed by atoms with E-state index in [4.69, 9.17) is 21.1 Å². The molecule has 2 aliphatic rings. The van der Waals surface area contributed by atoms with Gasteiger partial charge in [-0.25, -0.2) is 4.79 Å². The number of ether oxygens (including phenoxy) is 2. The van der Waals surface area contributed by atoms with E-state index in [0.717, 1.165) is 37.9 Å². The molecule has 0 atom stereocenters. The van der Waals surface area contributed by atoms with Gasteiger partial charge in [0.25, 0.3) is 0 Å². The Bertz CT molecular complexity index is 557. The monoisotopic (exact) mass is 338 g/mol. The molecule has 126 valence electrons. The molecule has 0 bridgehead atoms. The van der Waals surface area contributed by atoms with Crippen LogP contribution in [0.3, 0.4) is 0 Å². The zero-order valence-corrected chi connectivity index (χ0v) is 14.0. The third-order valence-electron chi connectivity index (χ3n) is 4.24. The highest BCUT2D eigenvalue weighted by Crippen LogP contribution is 2.38. The Morgan fingerprint density at radius 2 is 1.87 bits per heavy atom. The molecule has 0 aliphatic carbocycles. The van der Waals surface area contributed by atoms with Gasteiger partial charge < -0.3 is 19.7 Å². The molecule has 0 aromatic heterocycles. The highest BCUT2D eigenvalue weighted by molar-refractivity contribution is 6.32. The summed E-state index contributed by atoms with van der Waals surface area (Å²) in [5, 5.41) is 3.57. The fourth-order valence-corrected chi connectivity index (χ4v) is 3.30. The minimum atomic E-state index is 0.0375. The summed E-state index contributed by atoms with van der Waals surface area (Å²) in [6.07, 6.45) is 5.37. The summed E-state index contributed by atoms with van der Waals surface area (Å²) < 4.78 is 11.1. The Kier molecular flexibility index (Phi) is 5.49. The molecular weight excluding hydrogens is 316 g/mol. The molecule has 2 heterocycles. The van der Waals surface area contributed by atoms with Crippen LogP contribution in [-0.2, 0) is 6.42 Å². The molecule has 0 unspecified atom stereocenters. The predicted molar refractivity (Wildman–Crippen MR) is 89.6 cm³/mol. The molecule has 5 nitrogen and oxygen atoms in total. The molecule has 3 rings (SSSR count). The number of rotatable bonds is 3. The SMILES string of the molecule is O=C(NCCc1cc(Cl)c2c(c1)OCCO2)N1CCCCCC1.